The normalized spacial score (nSPS) is 12.5. The molecule has 1 unspecified atom stereocenters. The van der Waals surface area contributed by atoms with Crippen LogP contribution in [0.15, 0.2) is 72.9 Å². The van der Waals surface area contributed by atoms with Crippen molar-refractivity contribution < 1.29 is 28.6 Å². The molecule has 0 rings (SSSR count). The third-order valence-electron chi connectivity index (χ3n) is 15.4. The molecule has 6 nitrogen and oxygen atoms in total. The highest BCUT2D eigenvalue weighted by atomic mass is 16.6. The zero-order chi connectivity index (χ0) is 57.8. The summed E-state index contributed by atoms with van der Waals surface area (Å²) in [5.74, 6) is -0.858. The molecule has 0 amide bonds. The molecule has 464 valence electrons. The van der Waals surface area contributed by atoms with Gasteiger partial charge in [0.2, 0.25) is 0 Å². The van der Waals surface area contributed by atoms with Gasteiger partial charge in [0.1, 0.15) is 13.2 Å². The molecule has 80 heavy (non-hydrogen) atoms. The van der Waals surface area contributed by atoms with Gasteiger partial charge in [-0.25, -0.2) is 0 Å². The minimum atomic E-state index is -0.778. The molecule has 1 atom stereocenters. The number of hydrogen-bond acceptors (Lipinski definition) is 6. The van der Waals surface area contributed by atoms with E-state index in [1.54, 1.807) is 0 Å². The van der Waals surface area contributed by atoms with Crippen molar-refractivity contribution >= 4 is 17.9 Å². The molecule has 0 saturated heterocycles. The van der Waals surface area contributed by atoms with E-state index >= 15 is 0 Å². The van der Waals surface area contributed by atoms with Gasteiger partial charge in [-0.05, 0) is 89.9 Å². The largest absolute Gasteiger partial charge is 0.462 e. The van der Waals surface area contributed by atoms with Gasteiger partial charge in [0, 0.05) is 19.3 Å². The first-order valence-electron chi connectivity index (χ1n) is 34.9. The molecule has 0 aliphatic heterocycles. The summed E-state index contributed by atoms with van der Waals surface area (Å²) in [5.41, 5.74) is 0. The number of allylic oxidation sites excluding steroid dienone is 12. The number of carbonyl (C=O) groups is 3. The van der Waals surface area contributed by atoms with Crippen molar-refractivity contribution in [2.24, 2.45) is 0 Å². The first-order valence-corrected chi connectivity index (χ1v) is 34.9. The van der Waals surface area contributed by atoms with Crippen molar-refractivity contribution in [1.29, 1.82) is 0 Å². The standard InChI is InChI=1S/C74H132O6/c1-4-7-10-13-16-19-22-25-28-31-32-33-34-35-36-37-38-39-40-41-42-44-46-49-52-55-58-61-64-67-73(76)79-70-71(69-78-72(75)66-63-60-57-54-51-48-45-30-27-24-21-18-15-12-9-6-3)80-74(77)68-65-62-59-56-53-50-47-43-29-26-23-20-17-14-11-8-5-2/h7,10,16-17,19-20,25-26,28-29,32-33,71H,4-6,8-9,11-15,18,21-24,27,30-31,34-70H2,1-3H3/b10-7-,19-16-,20-17-,28-25-,29-26-,33-32-. The highest BCUT2D eigenvalue weighted by Gasteiger charge is 2.19. The fourth-order valence-electron chi connectivity index (χ4n) is 10.2. The van der Waals surface area contributed by atoms with Crippen LogP contribution in [-0.4, -0.2) is 37.2 Å². The Balaban J connectivity index is 4.24. The van der Waals surface area contributed by atoms with Crippen molar-refractivity contribution in [1.82, 2.24) is 0 Å². The summed E-state index contributed by atoms with van der Waals surface area (Å²) in [7, 11) is 0. The van der Waals surface area contributed by atoms with E-state index in [4.69, 9.17) is 14.2 Å². The lowest BCUT2D eigenvalue weighted by Gasteiger charge is -2.18. The number of rotatable bonds is 64. The van der Waals surface area contributed by atoms with Crippen LogP contribution in [0, 0.1) is 0 Å². The second kappa shape index (κ2) is 68.3. The van der Waals surface area contributed by atoms with Gasteiger partial charge in [0.25, 0.3) is 0 Å². The molecule has 0 radical (unpaired) electrons. The van der Waals surface area contributed by atoms with Crippen molar-refractivity contribution in [2.45, 2.75) is 367 Å². The summed E-state index contributed by atoms with van der Waals surface area (Å²) < 4.78 is 17.0. The Morgan fingerprint density at radius 3 is 0.787 bits per heavy atom. The summed E-state index contributed by atoms with van der Waals surface area (Å²) in [6.07, 6.45) is 89.2. The maximum absolute atomic E-state index is 12.9. The third-order valence-corrected chi connectivity index (χ3v) is 15.4. The molecule has 0 bridgehead atoms. The molecule has 0 spiro atoms. The van der Waals surface area contributed by atoms with Crippen LogP contribution in [0.1, 0.15) is 361 Å². The number of ether oxygens (including phenoxy) is 3. The SMILES string of the molecule is CC/C=C\C/C=C\C/C=C\C/C=C\CCCCCCCCCCCCCCCCCCC(=O)OCC(COC(=O)CCCCCCCCCCCCCCCCCC)OC(=O)CCCCCCCCC/C=C\C/C=C\CCCCC. The molecule has 0 N–H and O–H groups in total. The Morgan fingerprint density at radius 1 is 0.263 bits per heavy atom. The van der Waals surface area contributed by atoms with Crippen LogP contribution in [0.4, 0.5) is 0 Å². The molecular weight excluding hydrogens is 985 g/mol. The molecule has 0 saturated carbocycles. The van der Waals surface area contributed by atoms with E-state index in [1.807, 2.05) is 0 Å². The smallest absolute Gasteiger partial charge is 0.306 e. The Bertz CT molecular complexity index is 1470. The first-order chi connectivity index (χ1) is 39.5. The zero-order valence-electron chi connectivity index (χ0n) is 53.3. The van der Waals surface area contributed by atoms with E-state index < -0.39 is 6.10 Å². The number of carbonyl (C=O) groups excluding carboxylic acids is 3. The van der Waals surface area contributed by atoms with Gasteiger partial charge < -0.3 is 14.2 Å². The lowest BCUT2D eigenvalue weighted by atomic mass is 10.0. The predicted molar refractivity (Wildman–Crippen MR) is 348 cm³/mol. The zero-order valence-corrected chi connectivity index (χ0v) is 53.3. The predicted octanol–water partition coefficient (Wildman–Crippen LogP) is 24.1. The van der Waals surface area contributed by atoms with Crippen molar-refractivity contribution in [3.05, 3.63) is 72.9 Å². The van der Waals surface area contributed by atoms with Gasteiger partial charge in [-0.2, -0.15) is 0 Å². The summed E-state index contributed by atoms with van der Waals surface area (Å²) in [4.78, 5) is 38.4. The van der Waals surface area contributed by atoms with Crippen molar-refractivity contribution in [3.63, 3.8) is 0 Å². The maximum Gasteiger partial charge on any atom is 0.306 e. The van der Waals surface area contributed by atoms with Crippen molar-refractivity contribution in [3.8, 4) is 0 Å². The summed E-state index contributed by atoms with van der Waals surface area (Å²) in [6.45, 7) is 6.55. The van der Waals surface area contributed by atoms with Crippen LogP contribution in [0.2, 0.25) is 0 Å². The van der Waals surface area contributed by atoms with E-state index in [0.29, 0.717) is 19.3 Å². The van der Waals surface area contributed by atoms with E-state index in [1.165, 1.54) is 225 Å². The average Bonchev–Trinajstić information content (AvgIpc) is 3.46. The maximum atomic E-state index is 12.9. The lowest BCUT2D eigenvalue weighted by Crippen LogP contribution is -2.30. The van der Waals surface area contributed by atoms with Crippen molar-refractivity contribution in [2.75, 3.05) is 13.2 Å². The van der Waals surface area contributed by atoms with Crippen LogP contribution in [0.25, 0.3) is 0 Å². The summed E-state index contributed by atoms with van der Waals surface area (Å²) in [6, 6.07) is 0. The molecule has 0 aliphatic carbocycles. The fraction of sp³-hybridized carbons (Fsp3) is 0.797. The van der Waals surface area contributed by atoms with E-state index in [-0.39, 0.29) is 31.1 Å². The molecule has 0 aromatic rings. The van der Waals surface area contributed by atoms with Crippen LogP contribution >= 0.6 is 0 Å². The number of hydrogen-bond donors (Lipinski definition) is 0. The molecule has 0 aliphatic rings. The molecule has 0 aromatic heterocycles. The fourth-order valence-corrected chi connectivity index (χ4v) is 10.2. The highest BCUT2D eigenvalue weighted by Crippen LogP contribution is 2.18. The van der Waals surface area contributed by atoms with Gasteiger partial charge in [-0.15, -0.1) is 0 Å². The molecule has 0 fully saturated rings. The minimum Gasteiger partial charge on any atom is -0.462 e. The van der Waals surface area contributed by atoms with Gasteiger partial charge in [-0.3, -0.25) is 14.4 Å². The summed E-state index contributed by atoms with van der Waals surface area (Å²) >= 11 is 0. The van der Waals surface area contributed by atoms with E-state index in [9.17, 15) is 14.4 Å². The Kier molecular flexibility index (Phi) is 65.7. The molecule has 0 aromatic carbocycles. The van der Waals surface area contributed by atoms with Gasteiger partial charge in [0.15, 0.2) is 6.10 Å². The summed E-state index contributed by atoms with van der Waals surface area (Å²) in [5, 5.41) is 0. The second-order valence-electron chi connectivity index (χ2n) is 23.4. The van der Waals surface area contributed by atoms with Gasteiger partial charge >= 0.3 is 17.9 Å². The molecular formula is C74H132O6. The molecule has 6 heteroatoms. The topological polar surface area (TPSA) is 78.9 Å². The Morgan fingerprint density at radius 2 is 0.487 bits per heavy atom. The van der Waals surface area contributed by atoms with E-state index in [0.717, 1.165) is 96.3 Å². The van der Waals surface area contributed by atoms with Crippen LogP contribution in [0.3, 0.4) is 0 Å². The van der Waals surface area contributed by atoms with Gasteiger partial charge in [0.05, 0.1) is 0 Å². The highest BCUT2D eigenvalue weighted by molar-refractivity contribution is 5.71. The minimum absolute atomic E-state index is 0.0732. The van der Waals surface area contributed by atoms with Gasteiger partial charge in [-0.1, -0.05) is 325 Å². The first kappa shape index (κ1) is 76.9. The lowest BCUT2D eigenvalue weighted by molar-refractivity contribution is -0.167. The quantitative estimate of drug-likeness (QED) is 0.0261. The Hall–Kier alpha value is -3.15. The Labute approximate surface area is 497 Å². The number of unbranched alkanes of at least 4 members (excludes halogenated alkanes) is 41. The average molecular weight is 1120 g/mol. The van der Waals surface area contributed by atoms with Crippen LogP contribution in [0.5, 0.6) is 0 Å². The second-order valence-corrected chi connectivity index (χ2v) is 23.4. The third kappa shape index (κ3) is 65.7. The number of esters is 3. The monoisotopic (exact) mass is 1120 g/mol. The van der Waals surface area contributed by atoms with E-state index in [2.05, 4.69) is 93.7 Å². The van der Waals surface area contributed by atoms with Crippen LogP contribution in [-0.2, 0) is 28.6 Å². The van der Waals surface area contributed by atoms with Crippen LogP contribution < -0.4 is 0 Å². The molecule has 0 heterocycles.